The van der Waals surface area contributed by atoms with E-state index in [1.807, 2.05) is 0 Å². The van der Waals surface area contributed by atoms with Crippen molar-refractivity contribution in [3.05, 3.63) is 16.3 Å². The number of carbonyl (C=O) groups is 2. The summed E-state index contributed by atoms with van der Waals surface area (Å²) in [4.78, 5) is 23.9. The molecular formula is C11H13F2NO4S. The number of hydrogen-bond donors (Lipinski definition) is 1. The molecule has 0 unspecified atom stereocenters. The molecule has 0 aliphatic carbocycles. The number of halogens is 2. The summed E-state index contributed by atoms with van der Waals surface area (Å²) in [5.41, 5.74) is 0. The molecule has 0 atom stereocenters. The lowest BCUT2D eigenvalue weighted by molar-refractivity contribution is -0.137. The molecule has 0 saturated carbocycles. The van der Waals surface area contributed by atoms with Gasteiger partial charge in [-0.2, -0.15) is 8.78 Å². The maximum atomic E-state index is 12.2. The minimum Gasteiger partial charge on any atom is -0.481 e. The van der Waals surface area contributed by atoms with E-state index in [4.69, 9.17) is 5.11 Å². The number of thiophene rings is 1. The van der Waals surface area contributed by atoms with E-state index in [9.17, 15) is 18.4 Å². The monoisotopic (exact) mass is 293 g/mol. The first-order chi connectivity index (χ1) is 8.95. The Hall–Kier alpha value is -1.70. The van der Waals surface area contributed by atoms with Gasteiger partial charge in [0.25, 0.3) is 5.91 Å². The molecule has 0 radical (unpaired) electrons. The molecule has 0 fully saturated rings. The number of hydrogen-bond acceptors (Lipinski definition) is 4. The van der Waals surface area contributed by atoms with Gasteiger partial charge in [0.15, 0.2) is 0 Å². The minimum absolute atomic E-state index is 0.0245. The topological polar surface area (TPSA) is 66.8 Å². The quantitative estimate of drug-likeness (QED) is 0.837. The Morgan fingerprint density at radius 1 is 1.53 bits per heavy atom. The first-order valence-electron chi connectivity index (χ1n) is 5.49. The van der Waals surface area contributed by atoms with Crippen LogP contribution in [0.2, 0.25) is 0 Å². The fourth-order valence-corrected chi connectivity index (χ4v) is 2.21. The van der Waals surface area contributed by atoms with Crippen molar-refractivity contribution in [2.75, 3.05) is 13.1 Å². The van der Waals surface area contributed by atoms with Crippen LogP contribution in [0, 0.1) is 0 Å². The number of amides is 1. The van der Waals surface area contributed by atoms with Crippen LogP contribution in [0.5, 0.6) is 5.75 Å². The van der Waals surface area contributed by atoms with Gasteiger partial charge in [-0.1, -0.05) is 0 Å². The molecule has 0 bridgehead atoms. The Balaban J connectivity index is 2.79. The van der Waals surface area contributed by atoms with Gasteiger partial charge >= 0.3 is 12.6 Å². The molecule has 106 valence electrons. The van der Waals surface area contributed by atoms with Crippen LogP contribution in [0.15, 0.2) is 11.4 Å². The molecule has 19 heavy (non-hydrogen) atoms. The van der Waals surface area contributed by atoms with Gasteiger partial charge in [0.05, 0.1) is 6.42 Å². The minimum atomic E-state index is -3.00. The Morgan fingerprint density at radius 3 is 2.74 bits per heavy atom. The van der Waals surface area contributed by atoms with E-state index < -0.39 is 18.5 Å². The lowest BCUT2D eigenvalue weighted by Crippen LogP contribution is -2.32. The van der Waals surface area contributed by atoms with E-state index in [1.54, 1.807) is 6.92 Å². The van der Waals surface area contributed by atoms with Crippen molar-refractivity contribution in [2.45, 2.75) is 20.0 Å². The number of rotatable bonds is 7. The van der Waals surface area contributed by atoms with E-state index >= 15 is 0 Å². The zero-order chi connectivity index (χ0) is 14.4. The number of carboxylic acid groups (broad SMARTS) is 1. The van der Waals surface area contributed by atoms with E-state index in [0.717, 1.165) is 11.3 Å². The molecule has 0 aliphatic rings. The van der Waals surface area contributed by atoms with Crippen LogP contribution in [-0.2, 0) is 4.79 Å². The molecule has 0 aliphatic heterocycles. The Kier molecular flexibility index (Phi) is 5.68. The molecule has 0 saturated heterocycles. The van der Waals surface area contributed by atoms with Crippen molar-refractivity contribution in [3.63, 3.8) is 0 Å². The molecule has 0 aromatic carbocycles. The van der Waals surface area contributed by atoms with Gasteiger partial charge < -0.3 is 14.7 Å². The molecule has 0 spiro atoms. The lowest BCUT2D eigenvalue weighted by Gasteiger charge is -2.19. The third-order valence-electron chi connectivity index (χ3n) is 2.30. The van der Waals surface area contributed by atoms with Gasteiger partial charge in [-0.25, -0.2) is 0 Å². The fraction of sp³-hybridized carbons (Fsp3) is 0.455. The average Bonchev–Trinajstić information content (AvgIpc) is 2.76. The third-order valence-corrected chi connectivity index (χ3v) is 3.19. The number of ether oxygens (including phenoxy) is 1. The smallest absolute Gasteiger partial charge is 0.387 e. The van der Waals surface area contributed by atoms with Gasteiger partial charge in [0.1, 0.15) is 10.6 Å². The van der Waals surface area contributed by atoms with Crippen LogP contribution >= 0.6 is 11.3 Å². The Bertz CT molecular complexity index is 450. The second-order valence-electron chi connectivity index (χ2n) is 3.52. The second kappa shape index (κ2) is 7.03. The molecule has 8 heteroatoms. The molecule has 1 amide bonds. The molecule has 5 nitrogen and oxygen atoms in total. The summed E-state index contributed by atoms with van der Waals surface area (Å²) >= 11 is 0.981. The molecule has 1 rings (SSSR count). The van der Waals surface area contributed by atoms with Crippen molar-refractivity contribution in [1.29, 1.82) is 0 Å². The number of nitrogens with zero attached hydrogens (tertiary/aromatic N) is 1. The third kappa shape index (κ3) is 4.47. The normalized spacial score (nSPS) is 10.5. The number of carbonyl (C=O) groups excluding carboxylic acids is 1. The first kappa shape index (κ1) is 15.4. The van der Waals surface area contributed by atoms with Crippen LogP contribution < -0.4 is 4.74 Å². The van der Waals surface area contributed by atoms with Crippen LogP contribution in [-0.4, -0.2) is 41.6 Å². The van der Waals surface area contributed by atoms with Gasteiger partial charge in [0.2, 0.25) is 0 Å². The van der Waals surface area contributed by atoms with Crippen LogP contribution in [0.25, 0.3) is 0 Å². The highest BCUT2D eigenvalue weighted by molar-refractivity contribution is 7.12. The summed E-state index contributed by atoms with van der Waals surface area (Å²) in [5, 5.41) is 10.1. The summed E-state index contributed by atoms with van der Waals surface area (Å²) in [6, 6.07) is 1.29. The highest BCUT2D eigenvalue weighted by atomic mass is 32.1. The number of alkyl halides is 2. The van der Waals surface area contributed by atoms with E-state index in [0.29, 0.717) is 0 Å². The van der Waals surface area contributed by atoms with Crippen molar-refractivity contribution >= 4 is 23.2 Å². The fourth-order valence-electron chi connectivity index (χ4n) is 1.42. The summed E-state index contributed by atoms with van der Waals surface area (Å²) in [7, 11) is 0. The van der Waals surface area contributed by atoms with Gasteiger partial charge in [0, 0.05) is 13.1 Å². The molecule has 1 aromatic heterocycles. The molecule has 1 aromatic rings. The summed E-state index contributed by atoms with van der Waals surface area (Å²) in [6.45, 7) is -1.01. The average molecular weight is 293 g/mol. The first-order valence-corrected chi connectivity index (χ1v) is 6.37. The SMILES string of the molecule is CCN(CCC(=O)O)C(=O)c1sccc1OC(F)F. The van der Waals surface area contributed by atoms with E-state index in [1.165, 1.54) is 16.3 Å². The Labute approximate surface area is 112 Å². The maximum Gasteiger partial charge on any atom is 0.387 e. The van der Waals surface area contributed by atoms with Crippen LogP contribution in [0.4, 0.5) is 8.78 Å². The number of aliphatic carboxylic acids is 1. The standard InChI is InChI=1S/C11H13F2NO4S/c1-2-14(5-3-8(15)16)10(17)9-7(4-6-19-9)18-11(12)13/h4,6,11H,2-3,5H2,1H3,(H,15,16). The van der Waals surface area contributed by atoms with E-state index in [-0.39, 0.29) is 30.1 Å². The summed E-state index contributed by atoms with van der Waals surface area (Å²) < 4.78 is 28.6. The van der Waals surface area contributed by atoms with Crippen molar-refractivity contribution in [1.82, 2.24) is 4.90 Å². The van der Waals surface area contributed by atoms with Crippen molar-refractivity contribution in [2.24, 2.45) is 0 Å². The van der Waals surface area contributed by atoms with Crippen molar-refractivity contribution in [3.8, 4) is 5.75 Å². The maximum absolute atomic E-state index is 12.2. The highest BCUT2D eigenvalue weighted by Crippen LogP contribution is 2.27. The van der Waals surface area contributed by atoms with Crippen molar-refractivity contribution < 1.29 is 28.2 Å². The van der Waals surface area contributed by atoms with Gasteiger partial charge in [-0.05, 0) is 18.4 Å². The molecular weight excluding hydrogens is 280 g/mol. The molecule has 1 heterocycles. The summed E-state index contributed by atoms with van der Waals surface area (Å²) in [5.74, 6) is -1.71. The number of carboxylic acids is 1. The summed E-state index contributed by atoms with van der Waals surface area (Å²) in [6.07, 6.45) is -0.198. The Morgan fingerprint density at radius 2 is 2.21 bits per heavy atom. The predicted octanol–water partition coefficient (Wildman–Crippen LogP) is 2.29. The zero-order valence-electron chi connectivity index (χ0n) is 10.1. The highest BCUT2D eigenvalue weighted by Gasteiger charge is 2.22. The van der Waals surface area contributed by atoms with Crippen LogP contribution in [0.1, 0.15) is 23.0 Å². The largest absolute Gasteiger partial charge is 0.481 e. The van der Waals surface area contributed by atoms with Crippen LogP contribution in [0.3, 0.4) is 0 Å². The lowest BCUT2D eigenvalue weighted by atomic mass is 10.3. The van der Waals surface area contributed by atoms with Gasteiger partial charge in [-0.15, -0.1) is 11.3 Å². The molecule has 1 N–H and O–H groups in total. The zero-order valence-corrected chi connectivity index (χ0v) is 11.0. The predicted molar refractivity (Wildman–Crippen MR) is 64.8 cm³/mol. The second-order valence-corrected chi connectivity index (χ2v) is 4.44. The van der Waals surface area contributed by atoms with Gasteiger partial charge in [-0.3, -0.25) is 9.59 Å². The van der Waals surface area contributed by atoms with E-state index in [2.05, 4.69) is 4.74 Å².